The van der Waals surface area contributed by atoms with E-state index < -0.39 is 37.7 Å². The highest BCUT2D eigenvalue weighted by atomic mass is 31.2. The molecule has 0 aliphatic rings. The predicted molar refractivity (Wildman–Crippen MR) is 300 cm³/mol. The molecule has 1 unspecified atom stereocenters. The molecule has 0 amide bonds. The number of likely N-dealkylation sites (N-methyl/N-ethyl adjacent to an activating group) is 1. The van der Waals surface area contributed by atoms with Gasteiger partial charge in [0.25, 0.3) is 7.82 Å². The van der Waals surface area contributed by atoms with E-state index in [0.29, 0.717) is 49.6 Å². The number of ketones is 2. The fourth-order valence-electron chi connectivity index (χ4n) is 8.77. The number of carbonyl (C=O) groups is 2. The summed E-state index contributed by atoms with van der Waals surface area (Å²) in [5, 5.41) is 21.1. The fourth-order valence-corrected chi connectivity index (χ4v) is 9.80. The van der Waals surface area contributed by atoms with Crippen LogP contribution in [-0.2, 0) is 23.2 Å². The van der Waals surface area contributed by atoms with Gasteiger partial charge < -0.3 is 24.1 Å². The summed E-state index contributed by atoms with van der Waals surface area (Å²) < 4.78 is 24.0. The number of phosphoric acid groups is 1. The van der Waals surface area contributed by atoms with Gasteiger partial charge in [0.1, 0.15) is 19.3 Å². The second-order valence-corrected chi connectivity index (χ2v) is 22.7. The van der Waals surface area contributed by atoms with E-state index >= 15 is 0 Å². The number of nitrogens with zero attached hydrogens (tertiary/aromatic N) is 1. The van der Waals surface area contributed by atoms with Gasteiger partial charge in [0.05, 0.1) is 27.7 Å². The van der Waals surface area contributed by atoms with Crippen LogP contribution in [0.5, 0.6) is 0 Å². The van der Waals surface area contributed by atoms with Crippen molar-refractivity contribution in [1.29, 1.82) is 0 Å². The minimum absolute atomic E-state index is 0.209. The van der Waals surface area contributed by atoms with Gasteiger partial charge >= 0.3 is 0 Å². The number of quaternary nitrogens is 1. The first-order valence-corrected chi connectivity index (χ1v) is 31.1. The summed E-state index contributed by atoms with van der Waals surface area (Å²) in [5.41, 5.74) is -2.80. The van der Waals surface area contributed by atoms with E-state index in [9.17, 15) is 29.3 Å². The first kappa shape index (κ1) is 69.6. The van der Waals surface area contributed by atoms with E-state index in [2.05, 4.69) is 61.2 Å². The number of unbranched alkanes of at least 4 members (excludes halogenated alkanes) is 36. The van der Waals surface area contributed by atoms with Gasteiger partial charge in [-0.05, 0) is 62.2 Å². The van der Waals surface area contributed by atoms with Crippen LogP contribution in [0.25, 0.3) is 0 Å². The van der Waals surface area contributed by atoms with Crippen molar-refractivity contribution in [3.05, 3.63) is 0 Å². The number of phosphoric ester groups is 1. The van der Waals surface area contributed by atoms with Crippen LogP contribution in [0.4, 0.5) is 0 Å². The monoisotopic (exact) mass is 1030 g/mol. The Labute approximate surface area is 443 Å². The van der Waals surface area contributed by atoms with Crippen molar-refractivity contribution in [2.75, 3.05) is 40.9 Å². The lowest BCUT2D eigenvalue weighted by atomic mass is 9.82. The van der Waals surface area contributed by atoms with E-state index in [4.69, 9.17) is 9.05 Å². The Morgan fingerprint density at radius 2 is 0.750 bits per heavy atom. The molecular weight excluding hydrogens is 918 g/mol. The maximum absolute atomic E-state index is 13.9. The lowest BCUT2D eigenvalue weighted by Crippen LogP contribution is -2.59. The van der Waals surface area contributed by atoms with Crippen LogP contribution < -0.4 is 4.89 Å². The second kappa shape index (κ2) is 49.4. The summed E-state index contributed by atoms with van der Waals surface area (Å²) in [4.78, 5) is 40.9. The van der Waals surface area contributed by atoms with E-state index in [1.807, 2.05) is 21.1 Å². The maximum Gasteiger partial charge on any atom is 0.269 e. The molecule has 0 bridgehead atoms. The van der Waals surface area contributed by atoms with Crippen molar-refractivity contribution in [2.24, 2.45) is 0 Å². The van der Waals surface area contributed by atoms with Gasteiger partial charge in [0, 0.05) is 38.5 Å². The zero-order chi connectivity index (χ0) is 53.1. The number of hydrogen-bond donors (Lipinski definition) is 2. The van der Waals surface area contributed by atoms with Crippen molar-refractivity contribution >= 4 is 19.4 Å². The molecule has 414 valence electrons. The summed E-state index contributed by atoms with van der Waals surface area (Å²) in [5.74, 6) is 22.6. The molecule has 0 saturated carbocycles. The average Bonchev–Trinajstić information content (AvgIpc) is 3.34. The van der Waals surface area contributed by atoms with E-state index in [-0.39, 0.29) is 19.4 Å². The third-order valence-corrected chi connectivity index (χ3v) is 14.4. The van der Waals surface area contributed by atoms with Crippen LogP contribution in [0, 0.1) is 47.4 Å². The van der Waals surface area contributed by atoms with Gasteiger partial charge in [-0.25, -0.2) is 0 Å². The molecular formula is C62H108NO8P. The predicted octanol–water partition coefficient (Wildman–Crippen LogP) is 14.9. The van der Waals surface area contributed by atoms with Gasteiger partial charge in [-0.15, -0.1) is 0 Å². The standard InChI is InChI=1S/C62H108NO8P/c1-6-8-10-12-14-16-18-20-22-24-26-28-30-32-34-36-38-40-42-44-46-48-50-52-54-59(65)62(61(67)58-64,71-72(68,69)70-57-56-63(3,4)5)60(66)55-53-51-49-47-45-43-41-39-37-35-33-31-29-27-25-23-21-19-17-15-13-11-9-7-2/h61,64,67H,6-35,44-58H2,1-5H3/t61-/m0/s1. The van der Waals surface area contributed by atoms with Crippen molar-refractivity contribution in [2.45, 2.75) is 295 Å². The van der Waals surface area contributed by atoms with E-state index in [1.165, 1.54) is 167 Å². The van der Waals surface area contributed by atoms with Gasteiger partial charge in [-0.3, -0.25) is 18.7 Å². The van der Waals surface area contributed by atoms with E-state index in [1.54, 1.807) is 0 Å². The minimum atomic E-state index is -5.27. The first-order valence-electron chi connectivity index (χ1n) is 29.6. The highest BCUT2D eigenvalue weighted by Crippen LogP contribution is 2.46. The zero-order valence-corrected chi connectivity index (χ0v) is 48.0. The summed E-state index contributed by atoms with van der Waals surface area (Å²) in [6.45, 7) is 3.55. The Morgan fingerprint density at radius 1 is 0.486 bits per heavy atom. The molecule has 2 N–H and O–H groups in total. The highest BCUT2D eigenvalue weighted by Gasteiger charge is 2.54. The third kappa shape index (κ3) is 42.9. The lowest BCUT2D eigenvalue weighted by molar-refractivity contribution is -0.870. The second-order valence-electron chi connectivity index (χ2n) is 21.4. The van der Waals surface area contributed by atoms with Crippen molar-refractivity contribution < 1.29 is 42.8 Å². The van der Waals surface area contributed by atoms with Crippen LogP contribution in [-0.4, -0.2) is 78.9 Å². The van der Waals surface area contributed by atoms with Crippen LogP contribution >= 0.6 is 7.82 Å². The number of hydrogen-bond acceptors (Lipinski definition) is 8. The number of aliphatic hydroxyl groups excluding tert-OH is 2. The summed E-state index contributed by atoms with van der Waals surface area (Å²) in [6.07, 6.45) is 43.1. The molecule has 0 spiro atoms. The summed E-state index contributed by atoms with van der Waals surface area (Å²) in [7, 11) is 0.313. The number of aliphatic hydroxyl groups is 2. The molecule has 0 aromatic heterocycles. The normalized spacial score (nSPS) is 12.6. The molecule has 10 heteroatoms. The smallest absolute Gasteiger partial charge is 0.269 e. The Hall–Kier alpha value is -2.43. The molecule has 0 aliphatic carbocycles. The zero-order valence-electron chi connectivity index (χ0n) is 47.1. The Morgan fingerprint density at radius 3 is 1.01 bits per heavy atom. The van der Waals surface area contributed by atoms with Gasteiger partial charge in [-0.1, -0.05) is 230 Å². The summed E-state index contributed by atoms with van der Waals surface area (Å²) in [6, 6.07) is 0. The third-order valence-electron chi connectivity index (χ3n) is 13.4. The van der Waals surface area contributed by atoms with E-state index in [0.717, 1.165) is 51.4 Å². The molecule has 0 aromatic rings. The Kier molecular flexibility index (Phi) is 47.8. The topological polar surface area (TPSA) is 133 Å². The summed E-state index contributed by atoms with van der Waals surface area (Å²) >= 11 is 0. The average molecular weight is 1030 g/mol. The Balaban J connectivity index is 4.73. The van der Waals surface area contributed by atoms with Crippen molar-refractivity contribution in [1.82, 2.24) is 0 Å². The van der Waals surface area contributed by atoms with Gasteiger partial charge in [-0.2, -0.15) is 0 Å². The van der Waals surface area contributed by atoms with Crippen LogP contribution in [0.3, 0.4) is 0 Å². The number of rotatable bonds is 50. The molecule has 9 nitrogen and oxygen atoms in total. The quantitative estimate of drug-likeness (QED) is 0.0202. The molecule has 0 aromatic carbocycles. The molecule has 72 heavy (non-hydrogen) atoms. The molecule has 0 rings (SSSR count). The number of carbonyl (C=O) groups excluding carboxylic acids is 2. The largest absolute Gasteiger partial charge is 0.756 e. The molecule has 0 saturated heterocycles. The van der Waals surface area contributed by atoms with Gasteiger partial charge in [0.2, 0.25) is 5.60 Å². The molecule has 2 atom stereocenters. The SMILES string of the molecule is CCCCCCCCCCCCCCCCC#CC#CCCCCCCC(=O)C(OP(=O)([O-])OCC[N+](C)(C)C)(C(=O)CCCCCCC#CC#CCCCCCCCCCCCCCCCC)[C@@H](O)CO. The van der Waals surface area contributed by atoms with Gasteiger partial charge in [0.15, 0.2) is 11.6 Å². The van der Waals surface area contributed by atoms with Crippen LogP contribution in [0.2, 0.25) is 0 Å². The molecule has 0 aliphatic heterocycles. The lowest BCUT2D eigenvalue weighted by Gasteiger charge is -2.39. The maximum atomic E-state index is 13.9. The minimum Gasteiger partial charge on any atom is -0.756 e. The molecule has 0 radical (unpaired) electrons. The highest BCUT2D eigenvalue weighted by molar-refractivity contribution is 7.46. The first-order chi connectivity index (χ1) is 34.9. The van der Waals surface area contributed by atoms with Crippen molar-refractivity contribution in [3.63, 3.8) is 0 Å². The Bertz CT molecular complexity index is 1530. The number of Topliss-reactive ketones (excluding diaryl/α,β-unsaturated/α-hetero) is 2. The van der Waals surface area contributed by atoms with Crippen molar-refractivity contribution in [3.8, 4) is 47.4 Å². The molecule has 0 heterocycles. The fraction of sp³-hybridized carbons (Fsp3) is 0.839. The van der Waals surface area contributed by atoms with Crippen LogP contribution in [0.1, 0.15) is 284 Å². The molecule has 0 fully saturated rings. The van der Waals surface area contributed by atoms with Crippen LogP contribution in [0.15, 0.2) is 0 Å².